The Kier molecular flexibility index (Phi) is 3.75. The smallest absolute Gasteiger partial charge is 0.237 e. The van der Waals surface area contributed by atoms with Crippen molar-refractivity contribution in [1.29, 1.82) is 0 Å². The van der Waals surface area contributed by atoms with Gasteiger partial charge in [0, 0.05) is 18.6 Å². The summed E-state index contributed by atoms with van der Waals surface area (Å²) in [5.74, 6) is 0.0791. The summed E-state index contributed by atoms with van der Waals surface area (Å²) in [6, 6.07) is -0.0134. The minimum absolute atomic E-state index is 0.0134. The number of hydrogen-bond donors (Lipinski definition) is 1. The van der Waals surface area contributed by atoms with Gasteiger partial charge in [0.05, 0.1) is 6.04 Å². The fourth-order valence-corrected chi connectivity index (χ4v) is 1.85. The van der Waals surface area contributed by atoms with E-state index >= 15 is 0 Å². The summed E-state index contributed by atoms with van der Waals surface area (Å²) < 4.78 is 0. The first kappa shape index (κ1) is 10.5. The Morgan fingerprint density at radius 3 is 3.00 bits per heavy atom. The normalized spacial score (nSPS) is 23.1. The summed E-state index contributed by atoms with van der Waals surface area (Å²) in [4.78, 5) is 13.4. The van der Waals surface area contributed by atoms with Gasteiger partial charge in [-0.1, -0.05) is 18.2 Å². The molecule has 0 bridgehead atoms. The third-order valence-electron chi connectivity index (χ3n) is 2.29. The second-order valence-corrected chi connectivity index (χ2v) is 3.79. The molecule has 1 aliphatic heterocycles. The quantitative estimate of drug-likeness (QED) is 0.739. The van der Waals surface area contributed by atoms with Gasteiger partial charge in [-0.2, -0.15) is 0 Å². The molecule has 0 radical (unpaired) electrons. The number of halogens is 1. The van der Waals surface area contributed by atoms with Crippen LogP contribution >= 0.6 is 11.6 Å². The maximum atomic E-state index is 11.4. The van der Waals surface area contributed by atoms with Crippen molar-refractivity contribution in [3.05, 3.63) is 11.6 Å². The van der Waals surface area contributed by atoms with E-state index in [1.54, 1.807) is 7.05 Å². The van der Waals surface area contributed by atoms with Crippen LogP contribution in [0.5, 0.6) is 0 Å². The molecule has 1 rings (SSSR count). The van der Waals surface area contributed by atoms with Crippen LogP contribution in [0.25, 0.3) is 0 Å². The molecular formula is C9H15ClN2O. The Hall–Kier alpha value is -0.540. The van der Waals surface area contributed by atoms with Crippen LogP contribution in [-0.2, 0) is 4.79 Å². The van der Waals surface area contributed by atoms with Crippen LogP contribution in [0.2, 0.25) is 0 Å². The molecule has 4 heteroatoms. The van der Waals surface area contributed by atoms with Crippen molar-refractivity contribution in [2.45, 2.75) is 18.9 Å². The molecule has 3 nitrogen and oxygen atoms in total. The highest BCUT2D eigenvalue weighted by Gasteiger charge is 2.29. The van der Waals surface area contributed by atoms with E-state index in [1.165, 1.54) is 0 Å². The molecule has 13 heavy (non-hydrogen) atoms. The molecule has 74 valence electrons. The van der Waals surface area contributed by atoms with Crippen LogP contribution in [0, 0.1) is 0 Å². The number of carbonyl (C=O) groups excluding carboxylic acids is 1. The van der Waals surface area contributed by atoms with Gasteiger partial charge in [0.25, 0.3) is 0 Å². The Labute approximate surface area is 83.7 Å². The minimum atomic E-state index is -0.0134. The molecule has 1 N–H and O–H groups in total. The van der Waals surface area contributed by atoms with Gasteiger partial charge < -0.3 is 5.32 Å². The average molecular weight is 203 g/mol. The van der Waals surface area contributed by atoms with Crippen molar-refractivity contribution in [1.82, 2.24) is 10.2 Å². The maximum absolute atomic E-state index is 11.4. The van der Waals surface area contributed by atoms with Gasteiger partial charge in [0.15, 0.2) is 0 Å². The molecule has 0 aliphatic carbocycles. The van der Waals surface area contributed by atoms with Crippen LogP contribution in [0.15, 0.2) is 11.6 Å². The summed E-state index contributed by atoms with van der Waals surface area (Å²) in [5.41, 5.74) is 0. The van der Waals surface area contributed by atoms with E-state index in [0.717, 1.165) is 19.4 Å². The average Bonchev–Trinajstić information content (AvgIpc) is 2.50. The number of rotatable bonds is 3. The summed E-state index contributed by atoms with van der Waals surface area (Å²) in [6.45, 7) is 5.18. The molecular weight excluding hydrogens is 188 g/mol. The van der Waals surface area contributed by atoms with Gasteiger partial charge in [-0.15, -0.1) is 0 Å². The predicted octanol–water partition coefficient (Wildman–Crippen LogP) is 0.949. The lowest BCUT2D eigenvalue weighted by Crippen LogP contribution is -2.42. The van der Waals surface area contributed by atoms with E-state index in [9.17, 15) is 4.79 Å². The van der Waals surface area contributed by atoms with Crippen LogP contribution in [0.4, 0.5) is 0 Å². The first-order valence-corrected chi connectivity index (χ1v) is 4.82. The lowest BCUT2D eigenvalue weighted by Gasteiger charge is -2.22. The fourth-order valence-electron chi connectivity index (χ4n) is 1.70. The molecule has 1 aliphatic rings. The van der Waals surface area contributed by atoms with Gasteiger partial charge >= 0.3 is 0 Å². The van der Waals surface area contributed by atoms with Crippen molar-refractivity contribution in [3.8, 4) is 0 Å². The van der Waals surface area contributed by atoms with Gasteiger partial charge in [-0.3, -0.25) is 9.69 Å². The highest BCUT2D eigenvalue weighted by Crippen LogP contribution is 2.18. The third-order valence-corrected chi connectivity index (χ3v) is 2.41. The SMILES string of the molecule is C=C(Cl)CN1CCCC1C(=O)NC. The van der Waals surface area contributed by atoms with Gasteiger partial charge in [-0.25, -0.2) is 0 Å². The van der Waals surface area contributed by atoms with Crippen LogP contribution in [0.1, 0.15) is 12.8 Å². The summed E-state index contributed by atoms with van der Waals surface area (Å²) in [7, 11) is 1.66. The van der Waals surface area contributed by atoms with Crippen LogP contribution in [0.3, 0.4) is 0 Å². The number of likely N-dealkylation sites (tertiary alicyclic amines) is 1. The monoisotopic (exact) mass is 202 g/mol. The molecule has 1 heterocycles. The van der Waals surface area contributed by atoms with E-state index < -0.39 is 0 Å². The lowest BCUT2D eigenvalue weighted by molar-refractivity contribution is -0.124. The number of amides is 1. The van der Waals surface area contributed by atoms with Crippen molar-refractivity contribution >= 4 is 17.5 Å². The van der Waals surface area contributed by atoms with E-state index in [2.05, 4.69) is 16.8 Å². The van der Waals surface area contributed by atoms with E-state index in [0.29, 0.717) is 11.6 Å². The van der Waals surface area contributed by atoms with E-state index in [1.807, 2.05) is 0 Å². The van der Waals surface area contributed by atoms with Gasteiger partial charge in [-0.05, 0) is 19.4 Å². The van der Waals surface area contributed by atoms with Crippen molar-refractivity contribution < 1.29 is 4.79 Å². The second-order valence-electron chi connectivity index (χ2n) is 3.26. The lowest BCUT2D eigenvalue weighted by atomic mass is 10.2. The topological polar surface area (TPSA) is 32.3 Å². The summed E-state index contributed by atoms with van der Waals surface area (Å²) >= 11 is 5.70. The summed E-state index contributed by atoms with van der Waals surface area (Å²) in [5, 5.41) is 3.25. The predicted molar refractivity (Wildman–Crippen MR) is 53.7 cm³/mol. The molecule has 1 saturated heterocycles. The third kappa shape index (κ3) is 2.71. The molecule has 1 atom stereocenters. The molecule has 1 unspecified atom stereocenters. The zero-order chi connectivity index (χ0) is 9.84. The molecule has 0 spiro atoms. The zero-order valence-electron chi connectivity index (χ0n) is 7.85. The minimum Gasteiger partial charge on any atom is -0.358 e. The van der Waals surface area contributed by atoms with Gasteiger partial charge in [0.2, 0.25) is 5.91 Å². The molecule has 0 saturated carbocycles. The summed E-state index contributed by atoms with van der Waals surface area (Å²) in [6.07, 6.45) is 1.98. The molecule has 1 fully saturated rings. The first-order valence-electron chi connectivity index (χ1n) is 4.44. The highest BCUT2D eigenvalue weighted by atomic mass is 35.5. The Bertz CT molecular complexity index is 218. The number of hydrogen-bond acceptors (Lipinski definition) is 2. The van der Waals surface area contributed by atoms with Crippen molar-refractivity contribution in [2.75, 3.05) is 20.1 Å². The number of likely N-dealkylation sites (N-methyl/N-ethyl adjacent to an activating group) is 1. The van der Waals surface area contributed by atoms with E-state index in [4.69, 9.17) is 11.6 Å². The van der Waals surface area contributed by atoms with Crippen molar-refractivity contribution in [2.24, 2.45) is 0 Å². The first-order chi connectivity index (χ1) is 6.15. The Morgan fingerprint density at radius 1 is 1.77 bits per heavy atom. The Morgan fingerprint density at radius 2 is 2.46 bits per heavy atom. The molecule has 1 amide bonds. The maximum Gasteiger partial charge on any atom is 0.237 e. The zero-order valence-corrected chi connectivity index (χ0v) is 8.60. The molecule has 0 aromatic rings. The standard InChI is InChI=1S/C9H15ClN2O/c1-7(10)6-12-5-3-4-8(12)9(13)11-2/h8H,1,3-6H2,2H3,(H,11,13). The van der Waals surface area contributed by atoms with E-state index in [-0.39, 0.29) is 11.9 Å². The number of carbonyl (C=O) groups is 1. The highest BCUT2D eigenvalue weighted by molar-refractivity contribution is 6.29. The fraction of sp³-hybridized carbons (Fsp3) is 0.667. The Balaban J connectivity index is 2.53. The number of nitrogens with zero attached hydrogens (tertiary/aromatic N) is 1. The van der Waals surface area contributed by atoms with Crippen LogP contribution < -0.4 is 5.32 Å². The molecule has 0 aromatic carbocycles. The van der Waals surface area contributed by atoms with Crippen LogP contribution in [-0.4, -0.2) is 37.0 Å². The molecule has 0 aromatic heterocycles. The largest absolute Gasteiger partial charge is 0.358 e. The second kappa shape index (κ2) is 4.63. The van der Waals surface area contributed by atoms with Gasteiger partial charge in [0.1, 0.15) is 0 Å². The number of nitrogens with one attached hydrogen (secondary N) is 1. The van der Waals surface area contributed by atoms with Crippen molar-refractivity contribution in [3.63, 3.8) is 0 Å².